The SMILES string of the molecule is COc1ccnc2[nH]cc(Cc3ccc(NCc4ccc(Cl)nc4)nc3F)c12. The fraction of sp³-hybridized carbons (Fsp3) is 0.150. The van der Waals surface area contributed by atoms with Crippen LogP contribution in [-0.4, -0.2) is 27.0 Å². The number of hydrogen-bond acceptors (Lipinski definition) is 5. The Kier molecular flexibility index (Phi) is 5.08. The van der Waals surface area contributed by atoms with Gasteiger partial charge in [0.15, 0.2) is 0 Å². The summed E-state index contributed by atoms with van der Waals surface area (Å²) in [6.07, 6.45) is 5.53. The molecule has 0 saturated heterocycles. The first-order valence-electron chi connectivity index (χ1n) is 8.62. The second kappa shape index (κ2) is 7.82. The fourth-order valence-corrected chi connectivity index (χ4v) is 3.12. The Morgan fingerprint density at radius 2 is 2.04 bits per heavy atom. The van der Waals surface area contributed by atoms with E-state index in [9.17, 15) is 4.39 Å². The average molecular weight is 398 g/mol. The molecule has 2 N–H and O–H groups in total. The van der Waals surface area contributed by atoms with Crippen LogP contribution >= 0.6 is 11.6 Å². The van der Waals surface area contributed by atoms with Gasteiger partial charge in [-0.2, -0.15) is 4.39 Å². The van der Waals surface area contributed by atoms with Crippen molar-refractivity contribution in [3.63, 3.8) is 0 Å². The van der Waals surface area contributed by atoms with Crippen LogP contribution in [0.25, 0.3) is 11.0 Å². The Hall–Kier alpha value is -3.19. The topological polar surface area (TPSA) is 75.7 Å². The van der Waals surface area contributed by atoms with Gasteiger partial charge in [-0.1, -0.05) is 23.7 Å². The molecule has 0 aliphatic heterocycles. The fourth-order valence-electron chi connectivity index (χ4n) is 3.00. The summed E-state index contributed by atoms with van der Waals surface area (Å²) in [5.41, 5.74) is 3.02. The number of pyridine rings is 3. The first kappa shape index (κ1) is 18.2. The molecule has 0 saturated carbocycles. The maximum absolute atomic E-state index is 14.6. The van der Waals surface area contributed by atoms with Gasteiger partial charge in [-0.05, 0) is 29.3 Å². The molecule has 0 radical (unpaired) electrons. The molecule has 28 heavy (non-hydrogen) atoms. The highest BCUT2D eigenvalue weighted by Gasteiger charge is 2.13. The van der Waals surface area contributed by atoms with Gasteiger partial charge in [-0.15, -0.1) is 0 Å². The minimum atomic E-state index is -0.517. The third kappa shape index (κ3) is 3.75. The number of nitrogens with one attached hydrogen (secondary N) is 2. The zero-order valence-electron chi connectivity index (χ0n) is 15.0. The summed E-state index contributed by atoms with van der Waals surface area (Å²) in [4.78, 5) is 15.4. The smallest absolute Gasteiger partial charge is 0.218 e. The van der Waals surface area contributed by atoms with Gasteiger partial charge in [0.05, 0.1) is 12.5 Å². The molecule has 0 aromatic carbocycles. The van der Waals surface area contributed by atoms with Crippen LogP contribution in [0.2, 0.25) is 5.15 Å². The molecule has 0 fully saturated rings. The number of aromatic nitrogens is 4. The Morgan fingerprint density at radius 3 is 2.79 bits per heavy atom. The Labute approximate surface area is 165 Å². The molecule has 4 aromatic rings. The number of fused-ring (bicyclic) bond motifs is 1. The molecule has 142 valence electrons. The molecule has 4 heterocycles. The van der Waals surface area contributed by atoms with Gasteiger partial charge >= 0.3 is 0 Å². The van der Waals surface area contributed by atoms with Crippen molar-refractivity contribution in [1.82, 2.24) is 19.9 Å². The van der Waals surface area contributed by atoms with Gasteiger partial charge in [0.1, 0.15) is 22.4 Å². The summed E-state index contributed by atoms with van der Waals surface area (Å²) in [6, 6.07) is 8.83. The van der Waals surface area contributed by atoms with E-state index >= 15 is 0 Å². The maximum Gasteiger partial charge on any atom is 0.218 e. The van der Waals surface area contributed by atoms with E-state index in [2.05, 4.69) is 25.3 Å². The zero-order chi connectivity index (χ0) is 19.5. The lowest BCUT2D eigenvalue weighted by molar-refractivity contribution is 0.419. The molecular weight excluding hydrogens is 381 g/mol. The van der Waals surface area contributed by atoms with Crippen molar-refractivity contribution in [2.24, 2.45) is 0 Å². The van der Waals surface area contributed by atoms with E-state index in [1.54, 1.807) is 43.8 Å². The van der Waals surface area contributed by atoms with E-state index in [0.717, 1.165) is 16.5 Å². The summed E-state index contributed by atoms with van der Waals surface area (Å²) in [5.74, 6) is 0.635. The quantitative estimate of drug-likeness (QED) is 0.473. The van der Waals surface area contributed by atoms with Crippen molar-refractivity contribution < 1.29 is 9.13 Å². The number of methoxy groups -OCH3 is 1. The van der Waals surface area contributed by atoms with E-state index in [1.807, 2.05) is 12.3 Å². The van der Waals surface area contributed by atoms with E-state index in [-0.39, 0.29) is 0 Å². The van der Waals surface area contributed by atoms with Crippen LogP contribution in [0.1, 0.15) is 16.7 Å². The summed E-state index contributed by atoms with van der Waals surface area (Å²) in [7, 11) is 1.60. The summed E-state index contributed by atoms with van der Waals surface area (Å²) in [6.45, 7) is 0.473. The van der Waals surface area contributed by atoms with Crippen LogP contribution in [0.4, 0.5) is 10.2 Å². The first-order valence-corrected chi connectivity index (χ1v) is 9.00. The second-order valence-electron chi connectivity index (χ2n) is 6.22. The largest absolute Gasteiger partial charge is 0.496 e. The number of halogens is 2. The third-order valence-corrected chi connectivity index (χ3v) is 4.63. The highest BCUT2D eigenvalue weighted by Crippen LogP contribution is 2.29. The zero-order valence-corrected chi connectivity index (χ0v) is 15.8. The van der Waals surface area contributed by atoms with Gasteiger partial charge in [-0.3, -0.25) is 0 Å². The van der Waals surface area contributed by atoms with Gasteiger partial charge in [-0.25, -0.2) is 15.0 Å². The van der Waals surface area contributed by atoms with Crippen LogP contribution in [0.15, 0.2) is 48.9 Å². The van der Waals surface area contributed by atoms with Gasteiger partial charge in [0.2, 0.25) is 5.95 Å². The standard InChI is InChI=1S/C20H17ClFN5O/c1-28-15-6-7-23-20-18(15)14(11-26-20)8-13-3-5-17(27-19(13)22)25-10-12-2-4-16(21)24-9-12/h2-7,9,11H,8,10H2,1H3,(H,23,26)(H,25,27). The number of hydrogen-bond donors (Lipinski definition) is 2. The Bertz CT molecular complexity index is 1110. The maximum atomic E-state index is 14.6. The third-order valence-electron chi connectivity index (χ3n) is 4.41. The van der Waals surface area contributed by atoms with E-state index < -0.39 is 5.95 Å². The van der Waals surface area contributed by atoms with Crippen molar-refractivity contribution in [2.75, 3.05) is 12.4 Å². The summed E-state index contributed by atoms with van der Waals surface area (Å²) < 4.78 is 20.0. The van der Waals surface area contributed by atoms with Crippen LogP contribution in [0.3, 0.4) is 0 Å². The molecule has 8 heteroatoms. The molecule has 0 bridgehead atoms. The van der Waals surface area contributed by atoms with E-state index in [4.69, 9.17) is 16.3 Å². The monoisotopic (exact) mass is 397 g/mol. The van der Waals surface area contributed by atoms with Crippen LogP contribution in [0.5, 0.6) is 5.75 Å². The molecule has 0 spiro atoms. The predicted molar refractivity (Wildman–Crippen MR) is 106 cm³/mol. The minimum absolute atomic E-state index is 0.377. The van der Waals surface area contributed by atoms with Crippen LogP contribution in [0, 0.1) is 5.95 Å². The molecule has 0 unspecified atom stereocenters. The number of ether oxygens (including phenoxy) is 1. The number of nitrogens with zero attached hydrogens (tertiary/aromatic N) is 3. The molecule has 4 aromatic heterocycles. The lowest BCUT2D eigenvalue weighted by Gasteiger charge is -2.08. The molecule has 0 aliphatic carbocycles. The summed E-state index contributed by atoms with van der Waals surface area (Å²) >= 11 is 5.77. The molecule has 4 rings (SSSR count). The normalized spacial score (nSPS) is 11.0. The highest BCUT2D eigenvalue weighted by molar-refractivity contribution is 6.29. The minimum Gasteiger partial charge on any atom is -0.496 e. The van der Waals surface area contributed by atoms with Gasteiger partial charge in [0.25, 0.3) is 0 Å². The van der Waals surface area contributed by atoms with E-state index in [1.165, 1.54) is 0 Å². The van der Waals surface area contributed by atoms with Crippen molar-refractivity contribution in [1.29, 1.82) is 0 Å². The lowest BCUT2D eigenvalue weighted by Crippen LogP contribution is -2.04. The van der Waals surface area contributed by atoms with Crippen molar-refractivity contribution in [2.45, 2.75) is 13.0 Å². The first-order chi connectivity index (χ1) is 13.6. The van der Waals surface area contributed by atoms with Crippen LogP contribution in [-0.2, 0) is 13.0 Å². The van der Waals surface area contributed by atoms with Crippen molar-refractivity contribution >= 4 is 28.5 Å². The predicted octanol–water partition coefficient (Wildman–Crippen LogP) is 4.36. The van der Waals surface area contributed by atoms with Gasteiger partial charge < -0.3 is 15.0 Å². The van der Waals surface area contributed by atoms with E-state index in [0.29, 0.717) is 40.9 Å². The lowest BCUT2D eigenvalue weighted by atomic mass is 10.1. The van der Waals surface area contributed by atoms with Crippen molar-refractivity contribution in [3.05, 3.63) is 76.7 Å². The Balaban J connectivity index is 1.51. The number of H-pyrrole nitrogens is 1. The summed E-state index contributed by atoms with van der Waals surface area (Å²) in [5, 5.41) is 4.37. The number of rotatable bonds is 6. The molecular formula is C20H17ClFN5O. The molecule has 0 amide bonds. The van der Waals surface area contributed by atoms with Gasteiger partial charge in [0, 0.05) is 37.1 Å². The molecule has 0 aliphatic rings. The van der Waals surface area contributed by atoms with Crippen molar-refractivity contribution in [3.8, 4) is 5.75 Å². The molecule has 0 atom stereocenters. The average Bonchev–Trinajstić information content (AvgIpc) is 3.12. The molecule has 6 nitrogen and oxygen atoms in total. The highest BCUT2D eigenvalue weighted by atomic mass is 35.5. The van der Waals surface area contributed by atoms with Crippen LogP contribution < -0.4 is 10.1 Å². The Morgan fingerprint density at radius 1 is 1.14 bits per heavy atom. The number of aromatic amines is 1. The second-order valence-corrected chi connectivity index (χ2v) is 6.60. The number of anilines is 1.